The number of anilines is 2. The first-order chi connectivity index (χ1) is 13.6. The number of nitrogens with one attached hydrogen (secondary N) is 1. The van der Waals surface area contributed by atoms with Gasteiger partial charge in [0.05, 0.1) is 17.6 Å². The normalized spacial score (nSPS) is 13.5. The van der Waals surface area contributed by atoms with Crippen molar-refractivity contribution in [2.75, 3.05) is 23.3 Å². The summed E-state index contributed by atoms with van der Waals surface area (Å²) in [7, 11) is 0. The van der Waals surface area contributed by atoms with Gasteiger partial charge in [-0.2, -0.15) is 9.78 Å². The second-order valence-electron chi connectivity index (χ2n) is 6.49. The summed E-state index contributed by atoms with van der Waals surface area (Å²) >= 11 is 0. The molecule has 1 aliphatic rings. The monoisotopic (exact) mass is 379 g/mol. The Labute approximate surface area is 160 Å². The number of benzene rings is 1. The van der Waals surface area contributed by atoms with Crippen LogP contribution >= 0.6 is 0 Å². The number of carbonyl (C=O) groups is 1. The Balaban J connectivity index is 1.52. The van der Waals surface area contributed by atoms with Crippen molar-refractivity contribution < 1.29 is 9.18 Å². The van der Waals surface area contributed by atoms with Crippen LogP contribution in [0.4, 0.5) is 15.9 Å². The second kappa shape index (κ2) is 7.59. The largest absolute Gasteiger partial charge is 0.370 e. The average molecular weight is 379 g/mol. The Kier molecular flexibility index (Phi) is 4.84. The van der Waals surface area contributed by atoms with Crippen LogP contribution < -0.4 is 15.8 Å². The fourth-order valence-corrected chi connectivity index (χ4v) is 3.10. The number of hydrogen-bond donors (Lipinski definition) is 1. The molecule has 1 N–H and O–H groups in total. The fourth-order valence-electron chi connectivity index (χ4n) is 3.10. The molecule has 0 aliphatic carbocycles. The molecular weight excluding hydrogens is 361 g/mol. The maximum Gasteiger partial charge on any atom is 0.277 e. The Morgan fingerprint density at radius 2 is 1.68 bits per heavy atom. The summed E-state index contributed by atoms with van der Waals surface area (Å²) in [6, 6.07) is 11.5. The van der Waals surface area contributed by atoms with Crippen molar-refractivity contribution in [3.63, 3.8) is 0 Å². The lowest BCUT2D eigenvalue weighted by Crippen LogP contribution is -2.25. The van der Waals surface area contributed by atoms with Gasteiger partial charge in [-0.1, -0.05) is 0 Å². The second-order valence-corrected chi connectivity index (χ2v) is 6.49. The Bertz CT molecular complexity index is 1040. The first-order valence-electron chi connectivity index (χ1n) is 8.99. The molecule has 1 fully saturated rings. The number of halogens is 1. The molecule has 0 unspecified atom stereocenters. The van der Waals surface area contributed by atoms with Crippen LogP contribution in [0.2, 0.25) is 0 Å². The molecule has 0 saturated carbocycles. The predicted molar refractivity (Wildman–Crippen MR) is 103 cm³/mol. The Hall–Kier alpha value is -3.55. The van der Waals surface area contributed by atoms with E-state index in [0.29, 0.717) is 11.5 Å². The molecule has 28 heavy (non-hydrogen) atoms. The quantitative estimate of drug-likeness (QED) is 0.754. The minimum Gasteiger partial charge on any atom is -0.370 e. The lowest BCUT2D eigenvalue weighted by Gasteiger charge is -2.17. The van der Waals surface area contributed by atoms with Gasteiger partial charge < -0.3 is 10.2 Å². The van der Waals surface area contributed by atoms with Gasteiger partial charge in [0, 0.05) is 19.2 Å². The van der Waals surface area contributed by atoms with Gasteiger partial charge in [0.25, 0.3) is 11.5 Å². The molecule has 3 aromatic rings. The zero-order valence-corrected chi connectivity index (χ0v) is 15.0. The van der Waals surface area contributed by atoms with Crippen LogP contribution in [-0.2, 0) is 0 Å². The third-order valence-corrected chi connectivity index (χ3v) is 4.56. The number of rotatable bonds is 4. The molecule has 2 aromatic heterocycles. The van der Waals surface area contributed by atoms with Gasteiger partial charge in [0.1, 0.15) is 17.3 Å². The van der Waals surface area contributed by atoms with E-state index in [1.165, 1.54) is 49.2 Å². The molecule has 0 atom stereocenters. The molecule has 142 valence electrons. The number of amides is 1. The number of aromatic nitrogens is 3. The zero-order valence-electron chi connectivity index (χ0n) is 15.0. The zero-order chi connectivity index (χ0) is 19.5. The maximum absolute atomic E-state index is 13.1. The third kappa shape index (κ3) is 3.75. The van der Waals surface area contributed by atoms with E-state index < -0.39 is 17.3 Å². The summed E-state index contributed by atoms with van der Waals surface area (Å²) in [6.07, 6.45) is 4.08. The van der Waals surface area contributed by atoms with E-state index in [9.17, 15) is 14.0 Å². The molecule has 7 nitrogen and oxygen atoms in total. The highest BCUT2D eigenvalue weighted by molar-refractivity contribution is 6.02. The molecular formula is C20H18FN5O2. The molecule has 1 amide bonds. The van der Waals surface area contributed by atoms with Crippen LogP contribution in [0.25, 0.3) is 5.69 Å². The van der Waals surface area contributed by atoms with Gasteiger partial charge in [0.15, 0.2) is 0 Å². The Morgan fingerprint density at radius 1 is 0.964 bits per heavy atom. The van der Waals surface area contributed by atoms with Crippen LogP contribution in [0.3, 0.4) is 0 Å². The lowest BCUT2D eigenvalue weighted by molar-refractivity contribution is 0.102. The summed E-state index contributed by atoms with van der Waals surface area (Å²) in [6.45, 7) is 2.03. The molecule has 4 rings (SSSR count). The molecule has 0 spiro atoms. The number of pyridine rings is 1. The Morgan fingerprint density at radius 3 is 2.36 bits per heavy atom. The van der Waals surface area contributed by atoms with Crippen LogP contribution in [0, 0.1) is 5.82 Å². The summed E-state index contributed by atoms with van der Waals surface area (Å²) < 4.78 is 14.2. The van der Waals surface area contributed by atoms with E-state index in [0.717, 1.165) is 23.5 Å². The van der Waals surface area contributed by atoms with Crippen molar-refractivity contribution in [1.82, 2.24) is 14.8 Å². The predicted octanol–water partition coefficient (Wildman–Crippen LogP) is 2.62. The highest BCUT2D eigenvalue weighted by Crippen LogP contribution is 2.20. The number of hydrogen-bond acceptors (Lipinski definition) is 5. The van der Waals surface area contributed by atoms with Gasteiger partial charge in [-0.05, 0) is 55.3 Å². The van der Waals surface area contributed by atoms with Crippen molar-refractivity contribution in [3.8, 4) is 5.69 Å². The highest BCUT2D eigenvalue weighted by Gasteiger charge is 2.14. The number of nitrogens with zero attached hydrogens (tertiary/aromatic N) is 4. The standard InChI is InChI=1S/C20H18FN5O2/c21-14-3-5-15(6-4-14)26-19(27)10-8-17(24-26)20(28)23-18-9-7-16(13-22-18)25-11-1-2-12-25/h3-10,13H,1-2,11-12H2,(H,22,23,28). The summed E-state index contributed by atoms with van der Waals surface area (Å²) in [5, 5.41) is 6.76. The summed E-state index contributed by atoms with van der Waals surface area (Å²) in [5.74, 6) is -0.513. The SMILES string of the molecule is O=C(Nc1ccc(N2CCCC2)cn1)c1ccc(=O)n(-c2ccc(F)cc2)n1. The van der Waals surface area contributed by atoms with E-state index in [4.69, 9.17) is 0 Å². The van der Waals surface area contributed by atoms with Crippen LogP contribution in [-0.4, -0.2) is 33.8 Å². The highest BCUT2D eigenvalue weighted by atomic mass is 19.1. The van der Waals surface area contributed by atoms with E-state index in [2.05, 4.69) is 20.3 Å². The van der Waals surface area contributed by atoms with Gasteiger partial charge >= 0.3 is 0 Å². The fraction of sp³-hybridized carbons (Fsp3) is 0.200. The molecule has 1 saturated heterocycles. The van der Waals surface area contributed by atoms with Gasteiger partial charge in [-0.3, -0.25) is 9.59 Å². The molecule has 8 heteroatoms. The van der Waals surface area contributed by atoms with E-state index in [1.807, 2.05) is 6.07 Å². The average Bonchev–Trinajstić information content (AvgIpc) is 3.24. The number of carbonyl (C=O) groups excluding carboxylic acids is 1. The van der Waals surface area contributed by atoms with Crippen molar-refractivity contribution in [2.24, 2.45) is 0 Å². The molecule has 0 radical (unpaired) electrons. The summed E-state index contributed by atoms with van der Waals surface area (Å²) in [5.41, 5.74) is 1.03. The molecule has 1 aliphatic heterocycles. The van der Waals surface area contributed by atoms with E-state index in [1.54, 1.807) is 12.3 Å². The smallest absolute Gasteiger partial charge is 0.277 e. The van der Waals surface area contributed by atoms with Gasteiger partial charge in [-0.15, -0.1) is 0 Å². The van der Waals surface area contributed by atoms with Crippen LogP contribution in [0.1, 0.15) is 23.3 Å². The van der Waals surface area contributed by atoms with Crippen molar-refractivity contribution in [2.45, 2.75) is 12.8 Å². The maximum atomic E-state index is 13.1. The van der Waals surface area contributed by atoms with Crippen LogP contribution in [0.15, 0.2) is 59.5 Å². The summed E-state index contributed by atoms with van der Waals surface area (Å²) in [4.78, 5) is 31.1. The minimum atomic E-state index is -0.489. The van der Waals surface area contributed by atoms with Crippen LogP contribution in [0.5, 0.6) is 0 Å². The molecule has 0 bridgehead atoms. The first kappa shape index (κ1) is 17.8. The van der Waals surface area contributed by atoms with E-state index >= 15 is 0 Å². The van der Waals surface area contributed by atoms with Gasteiger partial charge in [-0.25, -0.2) is 9.37 Å². The first-order valence-corrected chi connectivity index (χ1v) is 8.99. The van der Waals surface area contributed by atoms with Crippen molar-refractivity contribution in [1.29, 1.82) is 0 Å². The van der Waals surface area contributed by atoms with E-state index in [-0.39, 0.29) is 5.69 Å². The van der Waals surface area contributed by atoms with Gasteiger partial charge in [0.2, 0.25) is 0 Å². The topological polar surface area (TPSA) is 80.1 Å². The lowest BCUT2D eigenvalue weighted by atomic mass is 10.3. The molecule has 3 heterocycles. The minimum absolute atomic E-state index is 0.0503. The third-order valence-electron chi connectivity index (χ3n) is 4.56. The van der Waals surface area contributed by atoms with Crippen molar-refractivity contribution in [3.05, 3.63) is 76.6 Å². The molecule has 1 aromatic carbocycles. The van der Waals surface area contributed by atoms with Crippen molar-refractivity contribution >= 4 is 17.4 Å².